The summed E-state index contributed by atoms with van der Waals surface area (Å²) in [7, 11) is 1.68. The van der Waals surface area contributed by atoms with Gasteiger partial charge in [-0.15, -0.1) is 0 Å². The number of benzene rings is 1. The molecule has 0 radical (unpaired) electrons. The van der Waals surface area contributed by atoms with Crippen molar-refractivity contribution < 1.29 is 14.4 Å². The van der Waals surface area contributed by atoms with E-state index in [2.05, 4.69) is 0 Å². The van der Waals surface area contributed by atoms with E-state index in [4.69, 9.17) is 0 Å². The number of hydrogen-bond acceptors (Lipinski definition) is 4. The highest BCUT2D eigenvalue weighted by Gasteiger charge is 2.37. The van der Waals surface area contributed by atoms with E-state index in [-0.39, 0.29) is 23.5 Å². The van der Waals surface area contributed by atoms with Crippen LogP contribution in [0, 0.1) is 0 Å². The lowest BCUT2D eigenvalue weighted by Gasteiger charge is -2.25. The SMILES string of the molecule is CN(C(=O)CCN1CCSC1=O)[C@H]1CCN(c2ccccc2)C1=O. The zero-order valence-corrected chi connectivity index (χ0v) is 14.5. The quantitative estimate of drug-likeness (QED) is 0.815. The summed E-state index contributed by atoms with van der Waals surface area (Å²) >= 11 is 1.29. The Morgan fingerprint density at radius 1 is 1.25 bits per heavy atom. The van der Waals surface area contributed by atoms with E-state index in [0.717, 1.165) is 11.4 Å². The van der Waals surface area contributed by atoms with Crippen molar-refractivity contribution >= 4 is 34.5 Å². The summed E-state index contributed by atoms with van der Waals surface area (Å²) in [5, 5.41) is 0.0395. The first-order valence-corrected chi connectivity index (χ1v) is 9.10. The molecule has 3 amide bonds. The molecule has 2 aliphatic heterocycles. The summed E-state index contributed by atoms with van der Waals surface area (Å²) in [5.74, 6) is 0.661. The molecule has 24 heavy (non-hydrogen) atoms. The van der Waals surface area contributed by atoms with E-state index >= 15 is 0 Å². The molecule has 7 heteroatoms. The molecule has 0 aliphatic carbocycles. The lowest BCUT2D eigenvalue weighted by molar-refractivity contribution is -0.136. The number of carbonyl (C=O) groups is 3. The van der Waals surface area contributed by atoms with Gasteiger partial charge in [0.1, 0.15) is 6.04 Å². The third-order valence-corrected chi connectivity index (χ3v) is 5.44. The van der Waals surface area contributed by atoms with Crippen LogP contribution in [0.1, 0.15) is 12.8 Å². The molecule has 0 bridgehead atoms. The Bertz CT molecular complexity index is 637. The lowest BCUT2D eigenvalue weighted by atomic mass is 10.2. The van der Waals surface area contributed by atoms with Gasteiger partial charge in [0, 0.05) is 44.5 Å². The first-order valence-electron chi connectivity index (χ1n) is 8.11. The number of carbonyl (C=O) groups excluding carboxylic acids is 3. The molecule has 2 heterocycles. The number of hydrogen-bond donors (Lipinski definition) is 0. The van der Waals surface area contributed by atoms with E-state index in [1.165, 1.54) is 11.8 Å². The van der Waals surface area contributed by atoms with Gasteiger partial charge in [0.2, 0.25) is 11.8 Å². The van der Waals surface area contributed by atoms with Crippen LogP contribution >= 0.6 is 11.8 Å². The molecular weight excluding hydrogens is 326 g/mol. The van der Waals surface area contributed by atoms with Gasteiger partial charge in [0.15, 0.2) is 0 Å². The fourth-order valence-electron chi connectivity index (χ4n) is 3.10. The zero-order chi connectivity index (χ0) is 17.1. The smallest absolute Gasteiger partial charge is 0.281 e. The number of nitrogens with zero attached hydrogens (tertiary/aromatic N) is 3. The third kappa shape index (κ3) is 3.40. The van der Waals surface area contributed by atoms with Crippen LogP contribution in [0.15, 0.2) is 30.3 Å². The Morgan fingerprint density at radius 2 is 2.00 bits per heavy atom. The zero-order valence-electron chi connectivity index (χ0n) is 13.7. The molecule has 128 valence electrons. The average molecular weight is 347 g/mol. The van der Waals surface area contributed by atoms with Gasteiger partial charge in [-0.2, -0.15) is 0 Å². The lowest BCUT2D eigenvalue weighted by Crippen LogP contribution is -2.43. The van der Waals surface area contributed by atoms with Crippen LogP contribution in [0.4, 0.5) is 10.5 Å². The molecule has 3 rings (SSSR count). The predicted molar refractivity (Wildman–Crippen MR) is 94.0 cm³/mol. The van der Waals surface area contributed by atoms with Crippen molar-refractivity contribution in [3.05, 3.63) is 30.3 Å². The van der Waals surface area contributed by atoms with Gasteiger partial charge in [-0.3, -0.25) is 14.4 Å². The molecule has 6 nitrogen and oxygen atoms in total. The standard InChI is InChI=1S/C17H21N3O3S/c1-18(15(21)8-9-19-11-12-24-17(19)23)14-7-10-20(16(14)22)13-5-3-2-4-6-13/h2-6,14H,7-12H2,1H3/t14-/m0/s1. The Labute approximate surface area is 145 Å². The second-order valence-corrected chi connectivity index (χ2v) is 7.03. The first kappa shape index (κ1) is 16.8. The van der Waals surface area contributed by atoms with Gasteiger partial charge in [-0.1, -0.05) is 30.0 Å². The highest BCUT2D eigenvalue weighted by Crippen LogP contribution is 2.24. The van der Waals surface area contributed by atoms with E-state index in [1.54, 1.807) is 21.7 Å². The second-order valence-electron chi connectivity index (χ2n) is 5.99. The van der Waals surface area contributed by atoms with Crippen molar-refractivity contribution in [2.24, 2.45) is 0 Å². The van der Waals surface area contributed by atoms with Gasteiger partial charge >= 0.3 is 0 Å². The Morgan fingerprint density at radius 3 is 2.67 bits per heavy atom. The van der Waals surface area contributed by atoms with Crippen molar-refractivity contribution in [1.29, 1.82) is 0 Å². The predicted octanol–water partition coefficient (Wildman–Crippen LogP) is 1.81. The van der Waals surface area contributed by atoms with Crippen LogP contribution in [-0.4, -0.2) is 65.3 Å². The van der Waals surface area contributed by atoms with Crippen molar-refractivity contribution in [2.75, 3.05) is 37.3 Å². The molecule has 2 saturated heterocycles. The van der Waals surface area contributed by atoms with Crippen LogP contribution in [0.3, 0.4) is 0 Å². The van der Waals surface area contributed by atoms with E-state index in [1.807, 2.05) is 30.3 Å². The average Bonchev–Trinajstić information content (AvgIpc) is 3.18. The Balaban J connectivity index is 1.57. The van der Waals surface area contributed by atoms with Gasteiger partial charge in [-0.25, -0.2) is 0 Å². The summed E-state index contributed by atoms with van der Waals surface area (Å²) in [6, 6.07) is 9.10. The molecule has 0 N–H and O–H groups in total. The molecule has 2 aliphatic rings. The number of amides is 3. The summed E-state index contributed by atoms with van der Waals surface area (Å²) in [5.41, 5.74) is 0.866. The molecule has 1 aromatic rings. The minimum atomic E-state index is -0.415. The van der Waals surface area contributed by atoms with E-state index in [0.29, 0.717) is 26.1 Å². The Hall–Kier alpha value is -2.02. The minimum Gasteiger partial charge on any atom is -0.334 e. The third-order valence-electron chi connectivity index (χ3n) is 4.55. The van der Waals surface area contributed by atoms with E-state index in [9.17, 15) is 14.4 Å². The number of thioether (sulfide) groups is 1. The minimum absolute atomic E-state index is 0.0372. The monoisotopic (exact) mass is 347 g/mol. The van der Waals surface area contributed by atoms with Gasteiger partial charge in [0.05, 0.1) is 0 Å². The van der Waals surface area contributed by atoms with Crippen molar-refractivity contribution in [1.82, 2.24) is 9.80 Å². The van der Waals surface area contributed by atoms with Crippen LogP contribution in [0.2, 0.25) is 0 Å². The highest BCUT2D eigenvalue weighted by molar-refractivity contribution is 8.13. The van der Waals surface area contributed by atoms with Crippen LogP contribution in [0.5, 0.6) is 0 Å². The van der Waals surface area contributed by atoms with Crippen molar-refractivity contribution in [3.63, 3.8) is 0 Å². The molecule has 0 spiro atoms. The largest absolute Gasteiger partial charge is 0.334 e. The molecule has 1 aromatic carbocycles. The summed E-state index contributed by atoms with van der Waals surface area (Å²) < 4.78 is 0. The van der Waals surface area contributed by atoms with Gasteiger partial charge in [-0.05, 0) is 18.6 Å². The fraction of sp³-hybridized carbons (Fsp3) is 0.471. The van der Waals surface area contributed by atoms with Crippen molar-refractivity contribution in [2.45, 2.75) is 18.9 Å². The van der Waals surface area contributed by atoms with Crippen LogP contribution in [0.25, 0.3) is 0 Å². The maximum atomic E-state index is 12.6. The summed E-state index contributed by atoms with van der Waals surface area (Å²) in [6.07, 6.45) is 0.895. The first-order chi connectivity index (χ1) is 11.6. The molecule has 1 atom stereocenters. The number of rotatable bonds is 5. The number of anilines is 1. The maximum absolute atomic E-state index is 12.6. The van der Waals surface area contributed by atoms with Crippen LogP contribution in [-0.2, 0) is 9.59 Å². The number of para-hydroxylation sites is 1. The molecule has 0 saturated carbocycles. The fourth-order valence-corrected chi connectivity index (χ4v) is 3.95. The number of likely N-dealkylation sites (N-methyl/N-ethyl adjacent to an activating group) is 1. The molecule has 0 unspecified atom stereocenters. The maximum Gasteiger partial charge on any atom is 0.281 e. The van der Waals surface area contributed by atoms with Gasteiger partial charge < -0.3 is 14.7 Å². The van der Waals surface area contributed by atoms with Gasteiger partial charge in [0.25, 0.3) is 5.24 Å². The summed E-state index contributed by atoms with van der Waals surface area (Å²) in [6.45, 7) is 1.75. The topological polar surface area (TPSA) is 60.9 Å². The normalized spacial score (nSPS) is 20.8. The summed E-state index contributed by atoms with van der Waals surface area (Å²) in [4.78, 5) is 41.6. The van der Waals surface area contributed by atoms with Crippen molar-refractivity contribution in [3.8, 4) is 0 Å². The van der Waals surface area contributed by atoms with E-state index < -0.39 is 6.04 Å². The second kappa shape index (κ2) is 7.25. The van der Waals surface area contributed by atoms with Crippen LogP contribution < -0.4 is 4.90 Å². The molecular formula is C17H21N3O3S. The highest BCUT2D eigenvalue weighted by atomic mass is 32.2. The molecule has 0 aromatic heterocycles. The molecule has 2 fully saturated rings. The Kier molecular flexibility index (Phi) is 5.08.